The van der Waals surface area contributed by atoms with Crippen LogP contribution in [-0.4, -0.2) is 80.0 Å². The van der Waals surface area contributed by atoms with Crippen LogP contribution in [0.25, 0.3) is 0 Å². The summed E-state index contributed by atoms with van der Waals surface area (Å²) in [4.78, 5) is 17.4. The molecular weight excluding hydrogens is 481 g/mol. The van der Waals surface area contributed by atoms with E-state index in [-0.39, 0.29) is 23.6 Å². The fourth-order valence-corrected chi connectivity index (χ4v) is 4.50. The normalized spacial score (nSPS) is 18.0. The fraction of sp³-hybridized carbons (Fsp3) is 0.733. The first-order valence-corrected chi connectivity index (χ1v) is 14.2. The molecule has 0 saturated carbocycles. The molecule has 1 amide bonds. The highest BCUT2D eigenvalue weighted by Gasteiger charge is 2.33. The molecule has 0 aromatic carbocycles. The first-order chi connectivity index (χ1) is 17.9. The van der Waals surface area contributed by atoms with E-state index in [1.165, 1.54) is 0 Å². The van der Waals surface area contributed by atoms with Gasteiger partial charge in [-0.2, -0.15) is 5.10 Å². The van der Waals surface area contributed by atoms with Crippen molar-refractivity contribution in [3.05, 3.63) is 36.0 Å². The van der Waals surface area contributed by atoms with Crippen LogP contribution in [0.1, 0.15) is 68.2 Å². The second kappa shape index (κ2) is 16.7. The highest BCUT2D eigenvalue weighted by Crippen LogP contribution is 2.30. The number of amides is 1. The summed E-state index contributed by atoms with van der Waals surface area (Å²) >= 11 is 0. The van der Waals surface area contributed by atoms with E-state index >= 15 is 0 Å². The van der Waals surface area contributed by atoms with Crippen LogP contribution in [0.2, 0.25) is 0 Å². The zero-order chi connectivity index (χ0) is 28.9. The van der Waals surface area contributed by atoms with Gasteiger partial charge in [-0.15, -0.1) is 0 Å². The van der Waals surface area contributed by atoms with Crippen molar-refractivity contribution in [1.82, 2.24) is 20.1 Å². The minimum absolute atomic E-state index is 0.00189. The summed E-state index contributed by atoms with van der Waals surface area (Å²) in [5, 5.41) is 9.51. The number of nitrogens with one attached hydrogen (secondary N) is 1. The van der Waals surface area contributed by atoms with Crippen molar-refractivity contribution in [1.29, 1.82) is 0 Å². The Morgan fingerprint density at radius 3 is 2.45 bits per heavy atom. The van der Waals surface area contributed by atoms with Crippen LogP contribution in [0.4, 0.5) is 4.39 Å². The predicted octanol–water partition coefficient (Wildman–Crippen LogP) is 5.64. The number of hydrogen-bond donors (Lipinski definition) is 1. The molecule has 0 aliphatic carbocycles. The lowest BCUT2D eigenvalue weighted by Crippen LogP contribution is -2.50. The Hall–Kier alpha value is -2.19. The van der Waals surface area contributed by atoms with E-state index < -0.39 is 5.41 Å². The lowest BCUT2D eigenvalue weighted by Gasteiger charge is -2.36. The lowest BCUT2D eigenvalue weighted by molar-refractivity contribution is -0.118. The van der Waals surface area contributed by atoms with Crippen molar-refractivity contribution in [2.75, 3.05) is 53.5 Å². The molecule has 1 aliphatic rings. The average Bonchev–Trinajstić information content (AvgIpc) is 2.83. The van der Waals surface area contributed by atoms with E-state index in [4.69, 9.17) is 9.84 Å². The van der Waals surface area contributed by atoms with E-state index in [1.54, 1.807) is 17.2 Å². The Labute approximate surface area is 231 Å². The van der Waals surface area contributed by atoms with Crippen molar-refractivity contribution in [3.63, 3.8) is 0 Å². The van der Waals surface area contributed by atoms with E-state index in [0.29, 0.717) is 30.5 Å². The highest BCUT2D eigenvalue weighted by molar-refractivity contribution is 6.08. The van der Waals surface area contributed by atoms with Gasteiger partial charge in [0.2, 0.25) is 0 Å². The number of ether oxygens (including phenoxy) is 1. The molecular formula is C30H54FN5O2. The number of allylic oxidation sites excluding steroid dienone is 3. The number of likely N-dealkylation sites (N-methyl/N-ethyl adjacent to an activating group) is 1. The summed E-state index contributed by atoms with van der Waals surface area (Å²) in [6, 6.07) is 0. The summed E-state index contributed by atoms with van der Waals surface area (Å²) in [6.45, 7) is 20.8. The summed E-state index contributed by atoms with van der Waals surface area (Å²) in [5.74, 6) is 1.06. The molecule has 7 nitrogen and oxygen atoms in total. The van der Waals surface area contributed by atoms with E-state index in [1.807, 2.05) is 59.0 Å². The number of carbonyl (C=O) groups is 1. The summed E-state index contributed by atoms with van der Waals surface area (Å²) < 4.78 is 20.4. The third-order valence-corrected chi connectivity index (χ3v) is 6.92. The van der Waals surface area contributed by atoms with Crippen LogP contribution in [0.15, 0.2) is 41.1 Å². The number of carbonyl (C=O) groups excluding carboxylic acids is 1. The number of rotatable bonds is 17. The Morgan fingerprint density at radius 2 is 1.89 bits per heavy atom. The Balaban J connectivity index is 2.98. The van der Waals surface area contributed by atoms with E-state index in [0.717, 1.165) is 39.1 Å². The van der Waals surface area contributed by atoms with Gasteiger partial charge in [0.05, 0.1) is 0 Å². The molecule has 218 valence electrons. The van der Waals surface area contributed by atoms with Crippen molar-refractivity contribution >= 4 is 11.7 Å². The second-order valence-corrected chi connectivity index (χ2v) is 11.4. The molecule has 0 aromatic heterocycles. The Kier molecular flexibility index (Phi) is 14.9. The van der Waals surface area contributed by atoms with Gasteiger partial charge in [-0.25, -0.2) is 4.39 Å². The van der Waals surface area contributed by atoms with E-state index in [9.17, 15) is 9.18 Å². The van der Waals surface area contributed by atoms with Gasteiger partial charge in [-0.3, -0.25) is 9.80 Å². The van der Waals surface area contributed by atoms with Crippen molar-refractivity contribution in [2.45, 2.75) is 68.2 Å². The molecule has 2 atom stereocenters. The van der Waals surface area contributed by atoms with Gasteiger partial charge in [-0.05, 0) is 44.2 Å². The predicted molar refractivity (Wildman–Crippen MR) is 157 cm³/mol. The van der Waals surface area contributed by atoms with Crippen LogP contribution >= 0.6 is 0 Å². The maximum absolute atomic E-state index is 14.9. The summed E-state index contributed by atoms with van der Waals surface area (Å²) in [5.41, 5.74) is -0.110. The van der Waals surface area contributed by atoms with Gasteiger partial charge in [-0.1, -0.05) is 60.6 Å². The molecule has 38 heavy (non-hydrogen) atoms. The zero-order valence-electron chi connectivity index (χ0n) is 25.7. The molecule has 1 rings (SSSR count). The largest absolute Gasteiger partial charge is 0.382 e. The molecule has 1 aliphatic heterocycles. The van der Waals surface area contributed by atoms with Crippen molar-refractivity contribution < 1.29 is 13.9 Å². The molecule has 0 aromatic rings. The third kappa shape index (κ3) is 11.3. The fourth-order valence-electron chi connectivity index (χ4n) is 4.50. The van der Waals surface area contributed by atoms with Gasteiger partial charge >= 0.3 is 0 Å². The molecule has 0 spiro atoms. The Morgan fingerprint density at radius 1 is 1.21 bits per heavy atom. The Bertz CT molecular complexity index is 850. The molecule has 0 bridgehead atoms. The molecule has 8 heteroatoms. The summed E-state index contributed by atoms with van der Waals surface area (Å²) in [7, 11) is 3.80. The van der Waals surface area contributed by atoms with Crippen LogP contribution in [0, 0.1) is 23.2 Å². The quantitative estimate of drug-likeness (QED) is 0.148. The number of halogens is 1. The lowest BCUT2D eigenvalue weighted by atomic mass is 9.88. The van der Waals surface area contributed by atoms with Crippen LogP contribution in [0.3, 0.4) is 0 Å². The number of hydrogen-bond acceptors (Lipinski definition) is 6. The minimum atomic E-state index is -0.621. The molecule has 1 N–H and O–H groups in total. The standard InChI is InChI=1S/C30H54FN5O2/c1-11-14-15-16-27(31)30(7,8)22-36(12-2)20-25(23(4)5)28-32-29(37)26(35(10)33-28)21-34(9)19-24(6)17-18-38-13-3/h14-16,21,23-25H,11-13,17-20,22H2,1-10H3,(H,32,33,37)/b15-14-,26-21-,27-16+/t24?,25-/m1/s1. The van der Waals surface area contributed by atoms with Gasteiger partial charge in [0, 0.05) is 64.5 Å². The topological polar surface area (TPSA) is 60.4 Å². The number of nitrogens with zero attached hydrogens (tertiary/aromatic N) is 4. The van der Waals surface area contributed by atoms with Crippen molar-refractivity contribution in [3.8, 4) is 0 Å². The van der Waals surface area contributed by atoms with Crippen molar-refractivity contribution in [2.24, 2.45) is 28.3 Å². The first-order valence-electron chi connectivity index (χ1n) is 14.2. The van der Waals surface area contributed by atoms with Crippen LogP contribution in [0.5, 0.6) is 0 Å². The monoisotopic (exact) mass is 535 g/mol. The number of amidine groups is 1. The zero-order valence-corrected chi connectivity index (χ0v) is 25.7. The molecule has 1 heterocycles. The molecule has 1 unspecified atom stereocenters. The van der Waals surface area contributed by atoms with E-state index in [2.05, 4.69) is 37.9 Å². The smallest absolute Gasteiger partial charge is 0.276 e. The molecule has 0 saturated heterocycles. The van der Waals surface area contributed by atoms with Crippen LogP contribution in [-0.2, 0) is 9.53 Å². The first kappa shape index (κ1) is 33.8. The van der Waals surface area contributed by atoms with Gasteiger partial charge in [0.1, 0.15) is 17.4 Å². The van der Waals surface area contributed by atoms with Gasteiger partial charge in [0.25, 0.3) is 5.91 Å². The number of hydrazone groups is 1. The second-order valence-electron chi connectivity index (χ2n) is 11.4. The molecule has 0 fully saturated rings. The van der Waals surface area contributed by atoms with Gasteiger partial charge in [0.15, 0.2) is 0 Å². The highest BCUT2D eigenvalue weighted by atomic mass is 19.1. The third-order valence-electron chi connectivity index (χ3n) is 6.92. The minimum Gasteiger partial charge on any atom is -0.382 e. The summed E-state index contributed by atoms with van der Waals surface area (Å²) in [6.07, 6.45) is 9.02. The van der Waals surface area contributed by atoms with Gasteiger partial charge < -0.3 is 19.9 Å². The SMILES string of the molecule is CC/C=C\C=C(\F)C(C)(C)CN(CC)C[C@@H](C1=NN(C)/C(=C\N(C)CC(C)CCOCC)C(=O)N1)C(C)C. The maximum atomic E-state index is 14.9. The average molecular weight is 536 g/mol. The molecule has 0 radical (unpaired) electrons. The maximum Gasteiger partial charge on any atom is 0.276 e. The van der Waals surface area contributed by atoms with Crippen LogP contribution < -0.4 is 5.32 Å².